The average Bonchev–Trinajstić information content (AvgIpc) is 3.36. The van der Waals surface area contributed by atoms with Gasteiger partial charge in [0.2, 0.25) is 6.79 Å². The molecule has 5 rings (SSSR count). The predicted octanol–water partition coefficient (Wildman–Crippen LogP) is 3.98. The lowest BCUT2D eigenvalue weighted by Gasteiger charge is -2.35. The first-order valence-corrected chi connectivity index (χ1v) is 11.4. The van der Waals surface area contributed by atoms with Gasteiger partial charge < -0.3 is 19.1 Å². The van der Waals surface area contributed by atoms with E-state index >= 15 is 0 Å². The SMILES string of the molecule is O=C(c1ccc2c(c1)OCO2)N1CCN(CCOC(c2ccccc2)c2ccccc2)CC1. The molecule has 3 aromatic rings. The van der Waals surface area contributed by atoms with Crippen molar-refractivity contribution >= 4 is 5.91 Å². The van der Waals surface area contributed by atoms with Crippen LogP contribution in [0.25, 0.3) is 0 Å². The van der Waals surface area contributed by atoms with Crippen LogP contribution < -0.4 is 9.47 Å². The van der Waals surface area contributed by atoms with Crippen LogP contribution in [0.1, 0.15) is 27.6 Å². The lowest BCUT2D eigenvalue weighted by atomic mass is 10.0. The summed E-state index contributed by atoms with van der Waals surface area (Å²) in [4.78, 5) is 17.2. The molecule has 0 bridgehead atoms. The lowest BCUT2D eigenvalue weighted by molar-refractivity contribution is 0.0408. The van der Waals surface area contributed by atoms with Gasteiger partial charge in [-0.25, -0.2) is 0 Å². The van der Waals surface area contributed by atoms with E-state index in [2.05, 4.69) is 29.2 Å². The fourth-order valence-corrected chi connectivity index (χ4v) is 4.33. The first kappa shape index (κ1) is 21.5. The summed E-state index contributed by atoms with van der Waals surface area (Å²) in [6.07, 6.45) is -0.0822. The van der Waals surface area contributed by atoms with E-state index in [1.54, 1.807) is 12.1 Å². The third-order valence-electron chi connectivity index (χ3n) is 6.18. The molecule has 2 heterocycles. The highest BCUT2D eigenvalue weighted by Crippen LogP contribution is 2.33. The summed E-state index contributed by atoms with van der Waals surface area (Å²) in [5.41, 5.74) is 2.95. The first-order valence-electron chi connectivity index (χ1n) is 11.4. The first-order chi connectivity index (χ1) is 16.3. The molecule has 1 fully saturated rings. The highest BCUT2D eigenvalue weighted by atomic mass is 16.7. The van der Waals surface area contributed by atoms with Crippen LogP contribution >= 0.6 is 0 Å². The summed E-state index contributed by atoms with van der Waals surface area (Å²) in [6.45, 7) is 4.75. The largest absolute Gasteiger partial charge is 0.454 e. The van der Waals surface area contributed by atoms with Crippen LogP contribution in [0.4, 0.5) is 0 Å². The van der Waals surface area contributed by atoms with E-state index < -0.39 is 0 Å². The van der Waals surface area contributed by atoms with Crippen LogP contribution in [-0.2, 0) is 4.74 Å². The van der Waals surface area contributed by atoms with Gasteiger partial charge in [0.05, 0.1) is 6.61 Å². The van der Waals surface area contributed by atoms with Crippen molar-refractivity contribution in [2.75, 3.05) is 46.1 Å². The molecule has 6 heteroatoms. The summed E-state index contributed by atoms with van der Waals surface area (Å²) in [5.74, 6) is 1.38. The minimum Gasteiger partial charge on any atom is -0.454 e. The Kier molecular flexibility index (Phi) is 6.56. The maximum absolute atomic E-state index is 12.9. The molecular weight excluding hydrogens is 416 g/mol. The topological polar surface area (TPSA) is 51.2 Å². The second kappa shape index (κ2) is 10.1. The van der Waals surface area contributed by atoms with Gasteiger partial charge in [0.15, 0.2) is 11.5 Å². The van der Waals surface area contributed by atoms with Crippen LogP contribution in [0.3, 0.4) is 0 Å². The number of ether oxygens (including phenoxy) is 3. The normalized spacial score (nSPS) is 15.7. The molecule has 3 aromatic carbocycles. The minimum absolute atomic E-state index is 0.0393. The van der Waals surface area contributed by atoms with Crippen molar-refractivity contribution in [1.29, 1.82) is 0 Å². The van der Waals surface area contributed by atoms with E-state index in [-0.39, 0.29) is 18.8 Å². The number of carbonyl (C=O) groups is 1. The molecule has 6 nitrogen and oxygen atoms in total. The Hall–Kier alpha value is -3.35. The summed E-state index contributed by atoms with van der Waals surface area (Å²) in [6, 6.07) is 26.1. The van der Waals surface area contributed by atoms with Crippen LogP contribution in [0.5, 0.6) is 11.5 Å². The van der Waals surface area contributed by atoms with Gasteiger partial charge in [0.1, 0.15) is 6.10 Å². The fraction of sp³-hybridized carbons (Fsp3) is 0.296. The van der Waals surface area contributed by atoms with Gasteiger partial charge in [0.25, 0.3) is 5.91 Å². The standard InChI is InChI=1S/C27H28N2O4/c30-27(23-11-12-24-25(19-23)33-20-32-24)29-15-13-28(14-16-29)17-18-31-26(21-7-3-1-4-8-21)22-9-5-2-6-10-22/h1-12,19,26H,13-18,20H2. The van der Waals surface area contributed by atoms with Crippen LogP contribution in [0, 0.1) is 0 Å². The van der Waals surface area contributed by atoms with Crippen molar-refractivity contribution in [1.82, 2.24) is 9.80 Å². The van der Waals surface area contributed by atoms with Gasteiger partial charge in [0, 0.05) is 38.3 Å². The van der Waals surface area contributed by atoms with E-state index in [1.807, 2.05) is 47.4 Å². The Morgan fingerprint density at radius 1 is 0.818 bits per heavy atom. The molecule has 0 saturated carbocycles. The van der Waals surface area contributed by atoms with Gasteiger partial charge in [-0.1, -0.05) is 60.7 Å². The quantitative estimate of drug-likeness (QED) is 0.552. The zero-order valence-corrected chi connectivity index (χ0v) is 18.6. The van der Waals surface area contributed by atoms with E-state index in [0.29, 0.717) is 36.8 Å². The predicted molar refractivity (Wildman–Crippen MR) is 126 cm³/mol. The highest BCUT2D eigenvalue weighted by Gasteiger charge is 2.24. The summed E-state index contributed by atoms with van der Waals surface area (Å²) >= 11 is 0. The Balaban J connectivity index is 1.13. The van der Waals surface area contributed by atoms with E-state index in [1.165, 1.54) is 0 Å². The Bertz CT molecular complexity index is 1030. The van der Waals surface area contributed by atoms with Gasteiger partial charge in [-0.15, -0.1) is 0 Å². The molecule has 0 aromatic heterocycles. The van der Waals surface area contributed by atoms with Gasteiger partial charge in [-0.05, 0) is 29.3 Å². The van der Waals surface area contributed by atoms with E-state index in [0.717, 1.165) is 30.8 Å². The molecule has 1 amide bonds. The maximum atomic E-state index is 12.9. The molecule has 2 aliphatic rings. The van der Waals surface area contributed by atoms with Gasteiger partial charge >= 0.3 is 0 Å². The monoisotopic (exact) mass is 444 g/mol. The Morgan fingerprint density at radius 3 is 2.12 bits per heavy atom. The molecule has 0 radical (unpaired) electrons. The molecule has 0 aliphatic carbocycles. The number of amides is 1. The number of hydrogen-bond donors (Lipinski definition) is 0. The van der Waals surface area contributed by atoms with Crippen molar-refractivity contribution in [3.63, 3.8) is 0 Å². The zero-order chi connectivity index (χ0) is 22.5. The molecular formula is C27H28N2O4. The maximum Gasteiger partial charge on any atom is 0.254 e. The highest BCUT2D eigenvalue weighted by molar-refractivity contribution is 5.95. The number of piperazine rings is 1. The molecule has 0 unspecified atom stereocenters. The lowest BCUT2D eigenvalue weighted by Crippen LogP contribution is -2.49. The molecule has 0 atom stereocenters. The van der Waals surface area contributed by atoms with Gasteiger partial charge in [-0.3, -0.25) is 9.69 Å². The fourth-order valence-electron chi connectivity index (χ4n) is 4.33. The number of benzene rings is 3. The minimum atomic E-state index is -0.0822. The van der Waals surface area contributed by atoms with E-state index in [4.69, 9.17) is 14.2 Å². The zero-order valence-electron chi connectivity index (χ0n) is 18.6. The number of carbonyl (C=O) groups excluding carboxylic acids is 1. The Labute approximate surface area is 194 Å². The van der Waals surface area contributed by atoms with Crippen molar-refractivity contribution in [3.05, 3.63) is 95.6 Å². The van der Waals surface area contributed by atoms with Gasteiger partial charge in [-0.2, -0.15) is 0 Å². The number of fused-ring (bicyclic) bond motifs is 1. The second-order valence-electron chi connectivity index (χ2n) is 8.27. The molecule has 170 valence electrons. The van der Waals surface area contributed by atoms with Crippen LogP contribution in [0.15, 0.2) is 78.9 Å². The molecule has 2 aliphatic heterocycles. The average molecular weight is 445 g/mol. The summed E-state index contributed by atoms with van der Waals surface area (Å²) in [5, 5.41) is 0. The summed E-state index contributed by atoms with van der Waals surface area (Å²) < 4.78 is 17.1. The number of hydrogen-bond acceptors (Lipinski definition) is 5. The van der Waals surface area contributed by atoms with E-state index in [9.17, 15) is 4.79 Å². The van der Waals surface area contributed by atoms with Crippen molar-refractivity contribution in [2.45, 2.75) is 6.10 Å². The Morgan fingerprint density at radius 2 is 1.45 bits per heavy atom. The number of nitrogens with zero attached hydrogens (tertiary/aromatic N) is 2. The van der Waals surface area contributed by atoms with Crippen molar-refractivity contribution in [3.8, 4) is 11.5 Å². The van der Waals surface area contributed by atoms with Crippen LogP contribution in [-0.4, -0.2) is 61.8 Å². The summed E-state index contributed by atoms with van der Waals surface area (Å²) in [7, 11) is 0. The number of rotatable bonds is 7. The molecule has 33 heavy (non-hydrogen) atoms. The van der Waals surface area contributed by atoms with Crippen LogP contribution in [0.2, 0.25) is 0 Å². The molecule has 0 spiro atoms. The molecule has 0 N–H and O–H groups in total. The molecule has 1 saturated heterocycles. The third kappa shape index (κ3) is 5.02. The van der Waals surface area contributed by atoms with Crippen molar-refractivity contribution in [2.24, 2.45) is 0 Å². The smallest absolute Gasteiger partial charge is 0.254 e. The second-order valence-corrected chi connectivity index (χ2v) is 8.27. The third-order valence-corrected chi connectivity index (χ3v) is 6.18. The van der Waals surface area contributed by atoms with Crippen molar-refractivity contribution < 1.29 is 19.0 Å².